The number of carbonyl (C=O) groups is 1. The Morgan fingerprint density at radius 3 is 0.824 bits per heavy atom. The van der Waals surface area contributed by atoms with Crippen LogP contribution in [-0.4, -0.2) is 50.9 Å². The third kappa shape index (κ3) is 17.1. The van der Waals surface area contributed by atoms with Gasteiger partial charge in [-0.05, 0) is 153 Å². The Labute approximate surface area is 547 Å². The molecule has 0 radical (unpaired) electrons. The lowest BCUT2D eigenvalue weighted by Crippen LogP contribution is -2.06. The number of hydrogen-bond donors (Lipinski definition) is 3. The molecule has 4 aromatic carbocycles. The first-order chi connectivity index (χ1) is 44.7. The minimum Gasteiger partial charge on any atom is -0.478 e. The van der Waals surface area contributed by atoms with Crippen LogP contribution in [0.25, 0.3) is 89.7 Å². The second-order valence-corrected chi connectivity index (χ2v) is 27.1. The summed E-state index contributed by atoms with van der Waals surface area (Å²) < 4.78 is 0. The maximum Gasteiger partial charge on any atom is 0.335 e. The molecule has 2 aliphatic heterocycles. The van der Waals surface area contributed by atoms with E-state index in [9.17, 15) is 9.90 Å². The Morgan fingerprint density at radius 1 is 0.297 bits per heavy atom. The summed E-state index contributed by atoms with van der Waals surface area (Å²) in [6.07, 6.45) is 42.9. The molecule has 7 aromatic rings. The van der Waals surface area contributed by atoms with E-state index in [1.165, 1.54) is 117 Å². The molecule has 91 heavy (non-hydrogen) atoms. The lowest BCUT2D eigenvalue weighted by molar-refractivity contribution is 0.0695. The number of unbranched alkanes of at least 4 members (excludes halogenated alkanes) is 24. The number of H-pyrrole nitrogens is 2. The van der Waals surface area contributed by atoms with Gasteiger partial charge in [0.05, 0.1) is 5.56 Å². The molecule has 0 atom stereocenters. The molecule has 10 heteroatoms. The van der Waals surface area contributed by atoms with Crippen molar-refractivity contribution in [1.29, 1.82) is 0 Å². The van der Waals surface area contributed by atoms with E-state index in [1.54, 1.807) is 0 Å². The highest BCUT2D eigenvalue weighted by atomic mass is 16.4. The minimum atomic E-state index is -0.897. The fourth-order valence-electron chi connectivity index (χ4n) is 14.7. The van der Waals surface area contributed by atoms with Gasteiger partial charge in [-0.2, -0.15) is 0 Å². The molecule has 10 nitrogen and oxygen atoms in total. The standard InChI is InChI=1S/C81H114N8O2/c1-9-17-25-33-41-56-49-50-57(42-34-26-18-10-2)66-65(56)73-82-74(66)84-76-69-60(45-37-29-21-13-5)53-54-61(46-38-30-22-14-6)70(69)78(86-76)88-80-72-63(48-40-32-24-16-8)64(81(90)91)55-62(47-39-31-23-15-7)71(72)79(89-80)87-77-68-59(44-36-28-20-12-4)52-51-58(43-35-27-19-11-3)67(68)75(83-73)85-77/h49-55H,9-48H2,1-8H3,(H,90,91)(H2,82,83,84,85,86,87,88,89). The quantitative estimate of drug-likeness (QED) is 0.0321. The summed E-state index contributed by atoms with van der Waals surface area (Å²) in [5.41, 5.74) is 17.1. The summed E-state index contributed by atoms with van der Waals surface area (Å²) in [7, 11) is 0. The molecule has 0 saturated carbocycles. The Kier molecular flexibility index (Phi) is 27.1. The van der Waals surface area contributed by atoms with Gasteiger partial charge in [-0.25, -0.2) is 34.7 Å². The van der Waals surface area contributed by atoms with Gasteiger partial charge in [-0.3, -0.25) is 0 Å². The highest BCUT2D eigenvalue weighted by Crippen LogP contribution is 2.45. The summed E-state index contributed by atoms with van der Waals surface area (Å²) in [6, 6.07) is 16.4. The van der Waals surface area contributed by atoms with Gasteiger partial charge in [-0.1, -0.05) is 246 Å². The molecule has 9 rings (SSSR count). The summed E-state index contributed by atoms with van der Waals surface area (Å²) >= 11 is 0. The largest absolute Gasteiger partial charge is 0.478 e. The molecule has 8 bridgehead atoms. The maximum absolute atomic E-state index is 14.0. The van der Waals surface area contributed by atoms with E-state index in [1.807, 2.05) is 6.07 Å². The molecular weight excluding hydrogens is 1120 g/mol. The fourth-order valence-corrected chi connectivity index (χ4v) is 14.7. The molecule has 3 N–H and O–H groups in total. The zero-order valence-electron chi connectivity index (χ0n) is 57.9. The molecule has 5 heterocycles. The van der Waals surface area contributed by atoms with Gasteiger partial charge in [0.1, 0.15) is 22.6 Å². The molecule has 0 spiro atoms. The molecular formula is C81H114N8O2. The van der Waals surface area contributed by atoms with Crippen molar-refractivity contribution < 1.29 is 9.90 Å². The number of aromatic carboxylic acids is 1. The molecule has 2 aliphatic rings. The molecule has 3 aromatic heterocycles. The molecule has 0 amide bonds. The van der Waals surface area contributed by atoms with Crippen LogP contribution >= 0.6 is 0 Å². The van der Waals surface area contributed by atoms with Crippen molar-refractivity contribution in [2.24, 2.45) is 0 Å². The molecule has 0 aliphatic carbocycles. The van der Waals surface area contributed by atoms with E-state index >= 15 is 0 Å². The van der Waals surface area contributed by atoms with Crippen LogP contribution < -0.4 is 0 Å². The number of aromatic amines is 2. The number of hydrogen-bond acceptors (Lipinski definition) is 7. The van der Waals surface area contributed by atoms with E-state index in [0.29, 0.717) is 46.6 Å². The lowest BCUT2D eigenvalue weighted by atomic mass is 9.90. The smallest absolute Gasteiger partial charge is 0.335 e. The number of carboxylic acid groups (broad SMARTS) is 1. The number of carboxylic acids is 1. The zero-order valence-corrected chi connectivity index (χ0v) is 57.9. The van der Waals surface area contributed by atoms with Crippen molar-refractivity contribution in [3.8, 4) is 45.6 Å². The van der Waals surface area contributed by atoms with Gasteiger partial charge in [0, 0.05) is 43.8 Å². The normalized spacial score (nSPS) is 12.0. The van der Waals surface area contributed by atoms with Gasteiger partial charge < -0.3 is 15.1 Å². The van der Waals surface area contributed by atoms with E-state index in [4.69, 9.17) is 29.9 Å². The van der Waals surface area contributed by atoms with Crippen LogP contribution in [0.3, 0.4) is 0 Å². The fraction of sp³-hybridized carbons (Fsp3) is 0.593. The Hall–Kier alpha value is -6.29. The highest BCUT2D eigenvalue weighted by molar-refractivity contribution is 6.13. The summed E-state index contributed by atoms with van der Waals surface area (Å²) in [5, 5.41) is 15.6. The number of nitrogens with zero attached hydrogens (tertiary/aromatic N) is 6. The predicted octanol–water partition coefficient (Wildman–Crippen LogP) is 23.5. The van der Waals surface area contributed by atoms with Gasteiger partial charge in [-0.15, -0.1) is 0 Å². The van der Waals surface area contributed by atoms with Gasteiger partial charge in [0.2, 0.25) is 0 Å². The number of aromatic nitrogens is 8. The predicted molar refractivity (Wildman–Crippen MR) is 386 cm³/mol. The molecule has 0 unspecified atom stereocenters. The SMILES string of the molecule is CCCCCCc1ccc(CCCCCC)c2c1-c1nc-2nc2[nH]c(nc3nc(nc4[nH]c(n1)c1c(CCCCCC)ccc(CCCCCC)c41)-c1c(CCCCCC)ccc(CCCCCC)c1-3)c1c(CCCCCC)c(C(=O)O)cc(CCCCCC)c21. The topological polar surface area (TPSA) is 146 Å². The van der Waals surface area contributed by atoms with Crippen LogP contribution in [0.5, 0.6) is 0 Å². The maximum atomic E-state index is 14.0. The van der Waals surface area contributed by atoms with Crippen molar-refractivity contribution in [1.82, 2.24) is 39.9 Å². The second kappa shape index (κ2) is 35.7. The second-order valence-electron chi connectivity index (χ2n) is 27.1. The first kappa shape index (κ1) is 69.1. The Bertz CT molecular complexity index is 3660. The van der Waals surface area contributed by atoms with Crippen molar-refractivity contribution in [3.63, 3.8) is 0 Å². The van der Waals surface area contributed by atoms with Crippen LogP contribution in [-0.2, 0) is 51.4 Å². The van der Waals surface area contributed by atoms with Crippen molar-refractivity contribution in [2.75, 3.05) is 0 Å². The van der Waals surface area contributed by atoms with E-state index in [2.05, 4.69) is 102 Å². The van der Waals surface area contributed by atoms with Crippen LogP contribution in [0.2, 0.25) is 0 Å². The van der Waals surface area contributed by atoms with Crippen LogP contribution in [0.1, 0.15) is 316 Å². The third-order valence-corrected chi connectivity index (χ3v) is 19.9. The number of nitrogens with one attached hydrogen (secondary N) is 2. The highest BCUT2D eigenvalue weighted by Gasteiger charge is 2.31. The van der Waals surface area contributed by atoms with E-state index < -0.39 is 5.97 Å². The minimum absolute atomic E-state index is 0.369. The first-order valence-corrected chi connectivity index (χ1v) is 37.4. The summed E-state index contributed by atoms with van der Waals surface area (Å²) in [4.78, 5) is 57.4. The Morgan fingerprint density at radius 2 is 0.538 bits per heavy atom. The van der Waals surface area contributed by atoms with Gasteiger partial charge in [0.15, 0.2) is 23.3 Å². The number of benzene rings is 4. The summed E-state index contributed by atoms with van der Waals surface area (Å²) in [5.74, 6) is 1.79. The third-order valence-electron chi connectivity index (χ3n) is 19.9. The first-order valence-electron chi connectivity index (χ1n) is 37.4. The number of rotatable bonds is 41. The average molecular weight is 1230 g/mol. The Balaban J connectivity index is 1.51. The van der Waals surface area contributed by atoms with Crippen LogP contribution in [0.4, 0.5) is 0 Å². The molecule has 0 fully saturated rings. The van der Waals surface area contributed by atoms with Crippen LogP contribution in [0.15, 0.2) is 42.5 Å². The van der Waals surface area contributed by atoms with E-state index in [0.717, 1.165) is 233 Å². The van der Waals surface area contributed by atoms with Gasteiger partial charge >= 0.3 is 5.97 Å². The van der Waals surface area contributed by atoms with Crippen molar-refractivity contribution in [3.05, 3.63) is 92.5 Å². The number of aryl methyl sites for hydroxylation is 8. The van der Waals surface area contributed by atoms with E-state index in [-0.39, 0.29) is 0 Å². The van der Waals surface area contributed by atoms with Crippen molar-refractivity contribution in [2.45, 2.75) is 312 Å². The average Bonchev–Trinajstić information content (AvgIpc) is 1.62. The monoisotopic (exact) mass is 1230 g/mol. The molecule has 0 saturated heterocycles. The number of fused-ring (bicyclic) bond motifs is 20. The van der Waals surface area contributed by atoms with Gasteiger partial charge in [0.25, 0.3) is 0 Å². The molecule has 490 valence electrons. The van der Waals surface area contributed by atoms with Crippen molar-refractivity contribution >= 4 is 50.1 Å². The zero-order chi connectivity index (χ0) is 63.9. The lowest BCUT2D eigenvalue weighted by Gasteiger charge is -2.14. The van der Waals surface area contributed by atoms with Crippen LogP contribution in [0, 0.1) is 0 Å². The summed E-state index contributed by atoms with van der Waals surface area (Å²) in [6.45, 7) is 18.2.